The summed E-state index contributed by atoms with van der Waals surface area (Å²) in [5, 5.41) is 10.0. The summed E-state index contributed by atoms with van der Waals surface area (Å²) < 4.78 is 0. The molecule has 0 aliphatic carbocycles. The second kappa shape index (κ2) is 9.10. The van der Waals surface area contributed by atoms with Crippen molar-refractivity contribution in [2.45, 2.75) is 33.6 Å². The van der Waals surface area contributed by atoms with Gasteiger partial charge in [-0.15, -0.1) is 11.3 Å². The standard InChI is InChI=1S/C16H29N5S/c1-4-17-16(18-8-6-15-12-22-13(3)20-15)19-10-14-7-9-21(5-2)11-14/h12,14H,4-11H2,1-3H3,(H2,17,18,19). The summed E-state index contributed by atoms with van der Waals surface area (Å²) in [6.07, 6.45) is 2.22. The topological polar surface area (TPSA) is 52.6 Å². The highest BCUT2D eigenvalue weighted by Gasteiger charge is 2.20. The third-order valence-corrected chi connectivity index (χ3v) is 4.83. The third kappa shape index (κ3) is 5.57. The minimum absolute atomic E-state index is 0.705. The second-order valence-electron chi connectivity index (χ2n) is 5.80. The van der Waals surface area contributed by atoms with Gasteiger partial charge in [0.15, 0.2) is 5.96 Å². The molecule has 1 fully saturated rings. The van der Waals surface area contributed by atoms with E-state index in [9.17, 15) is 0 Å². The Balaban J connectivity index is 1.75. The number of guanidine groups is 1. The summed E-state index contributed by atoms with van der Waals surface area (Å²) in [5.41, 5.74) is 1.17. The van der Waals surface area contributed by atoms with E-state index in [2.05, 4.69) is 39.7 Å². The normalized spacial score (nSPS) is 19.6. The average molecular weight is 324 g/mol. The van der Waals surface area contributed by atoms with Gasteiger partial charge in [-0.05, 0) is 39.3 Å². The molecule has 2 N–H and O–H groups in total. The van der Waals surface area contributed by atoms with Crippen molar-refractivity contribution in [3.05, 3.63) is 16.1 Å². The highest BCUT2D eigenvalue weighted by atomic mass is 32.1. The van der Waals surface area contributed by atoms with Crippen LogP contribution in [0, 0.1) is 12.8 Å². The first-order valence-electron chi connectivity index (χ1n) is 8.36. The Morgan fingerprint density at radius 2 is 2.32 bits per heavy atom. The van der Waals surface area contributed by atoms with Crippen molar-refractivity contribution >= 4 is 17.3 Å². The first kappa shape index (κ1) is 17.2. The Labute approximate surface area is 138 Å². The highest BCUT2D eigenvalue weighted by molar-refractivity contribution is 7.09. The monoisotopic (exact) mass is 323 g/mol. The van der Waals surface area contributed by atoms with E-state index < -0.39 is 0 Å². The van der Waals surface area contributed by atoms with Crippen molar-refractivity contribution in [3.63, 3.8) is 0 Å². The number of nitrogens with one attached hydrogen (secondary N) is 2. The number of aliphatic imine (C=N–C) groups is 1. The van der Waals surface area contributed by atoms with Crippen LogP contribution in [0.25, 0.3) is 0 Å². The van der Waals surface area contributed by atoms with Crippen LogP contribution in [-0.2, 0) is 6.42 Å². The molecular formula is C16H29N5S. The summed E-state index contributed by atoms with van der Waals surface area (Å²) in [6.45, 7) is 12.7. The third-order valence-electron chi connectivity index (χ3n) is 4.01. The lowest BCUT2D eigenvalue weighted by molar-refractivity contribution is 0.343. The van der Waals surface area contributed by atoms with E-state index in [0.717, 1.165) is 43.6 Å². The molecule has 0 saturated carbocycles. The fraction of sp³-hybridized carbons (Fsp3) is 0.750. The zero-order valence-corrected chi connectivity index (χ0v) is 14.9. The maximum Gasteiger partial charge on any atom is 0.191 e. The zero-order chi connectivity index (χ0) is 15.8. The van der Waals surface area contributed by atoms with E-state index in [0.29, 0.717) is 5.92 Å². The quantitative estimate of drug-likeness (QED) is 0.594. The van der Waals surface area contributed by atoms with E-state index in [-0.39, 0.29) is 0 Å². The molecule has 0 radical (unpaired) electrons. The molecule has 5 nitrogen and oxygen atoms in total. The van der Waals surface area contributed by atoms with Crippen LogP contribution in [0.5, 0.6) is 0 Å². The number of aryl methyl sites for hydroxylation is 1. The Morgan fingerprint density at radius 3 is 2.95 bits per heavy atom. The van der Waals surface area contributed by atoms with Gasteiger partial charge >= 0.3 is 0 Å². The summed E-state index contributed by atoms with van der Waals surface area (Å²) in [5.74, 6) is 1.64. The Bertz CT molecular complexity index is 471. The predicted octanol–water partition coefficient (Wildman–Crippen LogP) is 1.89. The van der Waals surface area contributed by atoms with Gasteiger partial charge in [0.05, 0.1) is 10.7 Å². The van der Waals surface area contributed by atoms with Crippen molar-refractivity contribution in [2.75, 3.05) is 39.3 Å². The van der Waals surface area contributed by atoms with Crippen LogP contribution in [0.1, 0.15) is 31.0 Å². The molecule has 0 aromatic carbocycles. The molecule has 0 amide bonds. The van der Waals surface area contributed by atoms with Gasteiger partial charge < -0.3 is 15.5 Å². The lowest BCUT2D eigenvalue weighted by Crippen LogP contribution is -2.38. The van der Waals surface area contributed by atoms with Gasteiger partial charge in [-0.25, -0.2) is 4.98 Å². The molecule has 0 bridgehead atoms. The van der Waals surface area contributed by atoms with Gasteiger partial charge in [0.2, 0.25) is 0 Å². The molecule has 6 heteroatoms. The van der Waals surface area contributed by atoms with Gasteiger partial charge in [-0.2, -0.15) is 0 Å². The van der Waals surface area contributed by atoms with Crippen LogP contribution in [0.4, 0.5) is 0 Å². The summed E-state index contributed by atoms with van der Waals surface area (Å²) in [4.78, 5) is 11.7. The van der Waals surface area contributed by atoms with E-state index in [1.54, 1.807) is 11.3 Å². The molecule has 1 atom stereocenters. The van der Waals surface area contributed by atoms with Crippen molar-refractivity contribution < 1.29 is 0 Å². The fourth-order valence-corrected chi connectivity index (χ4v) is 3.39. The van der Waals surface area contributed by atoms with Gasteiger partial charge in [0, 0.05) is 38.0 Å². The zero-order valence-electron chi connectivity index (χ0n) is 14.1. The second-order valence-corrected chi connectivity index (χ2v) is 6.86. The summed E-state index contributed by atoms with van der Waals surface area (Å²) >= 11 is 1.71. The lowest BCUT2D eigenvalue weighted by Gasteiger charge is -2.14. The maximum absolute atomic E-state index is 4.75. The largest absolute Gasteiger partial charge is 0.357 e. The number of likely N-dealkylation sites (tertiary alicyclic amines) is 1. The number of thiazole rings is 1. The Hall–Kier alpha value is -1.14. The minimum Gasteiger partial charge on any atom is -0.357 e. The lowest BCUT2D eigenvalue weighted by atomic mass is 10.1. The first-order chi connectivity index (χ1) is 10.7. The molecule has 124 valence electrons. The molecule has 2 rings (SSSR count). The van der Waals surface area contributed by atoms with Gasteiger partial charge in [0.25, 0.3) is 0 Å². The number of nitrogens with zero attached hydrogens (tertiary/aromatic N) is 3. The summed E-state index contributed by atoms with van der Waals surface area (Å²) in [6, 6.07) is 0. The SMILES string of the molecule is CCNC(=NCC1CCN(CC)C1)NCCc1csc(C)n1. The van der Waals surface area contributed by atoms with Crippen LogP contribution in [0.3, 0.4) is 0 Å². The molecule has 1 aromatic heterocycles. The van der Waals surface area contributed by atoms with Crippen molar-refractivity contribution in [2.24, 2.45) is 10.9 Å². The van der Waals surface area contributed by atoms with Crippen LogP contribution in [0.2, 0.25) is 0 Å². The summed E-state index contributed by atoms with van der Waals surface area (Å²) in [7, 11) is 0. The van der Waals surface area contributed by atoms with Crippen molar-refractivity contribution in [1.29, 1.82) is 0 Å². The van der Waals surface area contributed by atoms with Crippen LogP contribution < -0.4 is 10.6 Å². The molecule has 1 saturated heterocycles. The average Bonchev–Trinajstić information content (AvgIpc) is 3.13. The molecule has 2 heterocycles. The molecule has 1 aromatic rings. The number of hydrogen-bond acceptors (Lipinski definition) is 4. The molecule has 0 spiro atoms. The Kier molecular flexibility index (Phi) is 7.12. The van der Waals surface area contributed by atoms with Gasteiger partial charge in [-0.3, -0.25) is 4.99 Å². The number of hydrogen-bond donors (Lipinski definition) is 2. The van der Waals surface area contributed by atoms with Gasteiger partial charge in [-0.1, -0.05) is 6.92 Å². The van der Waals surface area contributed by atoms with Crippen molar-refractivity contribution in [1.82, 2.24) is 20.5 Å². The Morgan fingerprint density at radius 1 is 1.45 bits per heavy atom. The molecule has 22 heavy (non-hydrogen) atoms. The first-order valence-corrected chi connectivity index (χ1v) is 9.24. The minimum atomic E-state index is 0.705. The predicted molar refractivity (Wildman–Crippen MR) is 94.8 cm³/mol. The number of aromatic nitrogens is 1. The maximum atomic E-state index is 4.75. The van der Waals surface area contributed by atoms with Crippen LogP contribution in [0.15, 0.2) is 10.4 Å². The van der Waals surface area contributed by atoms with Gasteiger partial charge in [0.1, 0.15) is 0 Å². The van der Waals surface area contributed by atoms with E-state index in [1.807, 2.05) is 6.92 Å². The van der Waals surface area contributed by atoms with E-state index >= 15 is 0 Å². The molecule has 1 aliphatic rings. The van der Waals surface area contributed by atoms with Crippen LogP contribution in [-0.4, -0.2) is 55.1 Å². The smallest absolute Gasteiger partial charge is 0.191 e. The van der Waals surface area contributed by atoms with Crippen molar-refractivity contribution in [3.8, 4) is 0 Å². The van der Waals surface area contributed by atoms with E-state index in [1.165, 1.54) is 25.2 Å². The highest BCUT2D eigenvalue weighted by Crippen LogP contribution is 2.15. The molecule has 1 aliphatic heterocycles. The number of rotatable bonds is 7. The molecule has 1 unspecified atom stereocenters. The molecular weight excluding hydrogens is 294 g/mol. The van der Waals surface area contributed by atoms with E-state index in [4.69, 9.17) is 4.99 Å². The fourth-order valence-electron chi connectivity index (χ4n) is 2.74. The van der Waals surface area contributed by atoms with Crippen LogP contribution >= 0.6 is 11.3 Å².